The summed E-state index contributed by atoms with van der Waals surface area (Å²) in [5.74, 6) is 0.492. The molecule has 0 aliphatic rings. The first-order valence-corrected chi connectivity index (χ1v) is 7.65. The Morgan fingerprint density at radius 2 is 2.20 bits per heavy atom. The highest BCUT2D eigenvalue weighted by Gasteiger charge is 2.23. The second-order valence-corrected chi connectivity index (χ2v) is 6.43. The lowest BCUT2D eigenvalue weighted by Crippen LogP contribution is -2.30. The summed E-state index contributed by atoms with van der Waals surface area (Å²) in [6.45, 7) is 6.95. The smallest absolute Gasteiger partial charge is 0.265 e. The first-order valence-electron chi connectivity index (χ1n) is 6.83. The number of anilines is 1. The van der Waals surface area contributed by atoms with Gasteiger partial charge in [-0.2, -0.15) is 5.10 Å². The summed E-state index contributed by atoms with van der Waals surface area (Å²) in [5.41, 5.74) is 7.61. The third-order valence-corrected chi connectivity index (χ3v) is 4.97. The van der Waals surface area contributed by atoms with Crippen molar-refractivity contribution in [2.45, 2.75) is 27.2 Å². The minimum Gasteiger partial charge on any atom is -0.397 e. The Kier molecular flexibility index (Phi) is 4.04. The van der Waals surface area contributed by atoms with E-state index < -0.39 is 0 Å². The number of nitrogens with two attached hydrogens (primary N) is 1. The van der Waals surface area contributed by atoms with Gasteiger partial charge in [0.2, 0.25) is 0 Å². The fraction of sp³-hybridized carbons (Fsp3) is 0.571. The number of aryl methyl sites for hydroxylation is 2. The Morgan fingerprint density at radius 3 is 2.75 bits per heavy atom. The highest BCUT2D eigenvalue weighted by Crippen LogP contribution is 2.36. The van der Waals surface area contributed by atoms with Crippen LogP contribution in [0.3, 0.4) is 0 Å². The maximum Gasteiger partial charge on any atom is 0.265 e. The molecule has 0 saturated carbocycles. The van der Waals surface area contributed by atoms with E-state index in [4.69, 9.17) is 5.73 Å². The van der Waals surface area contributed by atoms with Gasteiger partial charge in [0.25, 0.3) is 5.91 Å². The van der Waals surface area contributed by atoms with Crippen molar-refractivity contribution in [1.82, 2.24) is 14.7 Å². The molecule has 2 heterocycles. The molecule has 0 saturated heterocycles. The summed E-state index contributed by atoms with van der Waals surface area (Å²) in [5, 5.41) is 5.25. The number of hydrogen-bond acceptors (Lipinski definition) is 4. The minimum atomic E-state index is 0.00315. The van der Waals surface area contributed by atoms with E-state index in [1.165, 1.54) is 11.3 Å². The zero-order valence-electron chi connectivity index (χ0n) is 12.7. The summed E-state index contributed by atoms with van der Waals surface area (Å²) >= 11 is 1.43. The standard InChI is InChI=1S/C14H22N4OS/c1-6-8(2)7-17(4)13(19)12-11(15)10-9(3)16-18(5)14(10)20-12/h8H,6-7,15H2,1-5H3. The average Bonchev–Trinajstić information content (AvgIpc) is 2.88. The molecule has 2 rings (SSSR count). The van der Waals surface area contributed by atoms with Gasteiger partial charge in [0.05, 0.1) is 16.8 Å². The molecular formula is C14H22N4OS. The number of carbonyl (C=O) groups excluding carboxylic acids is 1. The molecule has 2 N–H and O–H groups in total. The molecule has 0 aliphatic heterocycles. The van der Waals surface area contributed by atoms with Crippen LogP contribution < -0.4 is 5.73 Å². The zero-order chi connectivity index (χ0) is 15.0. The first-order chi connectivity index (χ1) is 9.36. The number of amides is 1. The number of hydrogen-bond donors (Lipinski definition) is 1. The van der Waals surface area contributed by atoms with Gasteiger partial charge in [-0.15, -0.1) is 11.3 Å². The molecule has 2 aromatic heterocycles. The number of carbonyl (C=O) groups is 1. The third-order valence-electron chi connectivity index (χ3n) is 3.71. The van der Waals surface area contributed by atoms with E-state index in [1.807, 2.05) is 21.0 Å². The first kappa shape index (κ1) is 14.8. The number of thiophene rings is 1. The lowest BCUT2D eigenvalue weighted by molar-refractivity contribution is 0.0780. The van der Waals surface area contributed by atoms with Crippen molar-refractivity contribution in [2.24, 2.45) is 13.0 Å². The summed E-state index contributed by atoms with van der Waals surface area (Å²) in [6.07, 6.45) is 1.06. The Balaban J connectivity index is 2.35. The van der Waals surface area contributed by atoms with Crippen LogP contribution in [0.4, 0.5) is 5.69 Å². The van der Waals surface area contributed by atoms with Crippen LogP contribution in [0.5, 0.6) is 0 Å². The monoisotopic (exact) mass is 294 g/mol. The normalized spacial score (nSPS) is 12.8. The van der Waals surface area contributed by atoms with Gasteiger partial charge in [-0.1, -0.05) is 20.3 Å². The fourth-order valence-corrected chi connectivity index (χ4v) is 3.52. The summed E-state index contributed by atoms with van der Waals surface area (Å²) in [4.78, 5) is 15.9. The lowest BCUT2D eigenvalue weighted by atomic mass is 10.1. The van der Waals surface area contributed by atoms with Gasteiger partial charge < -0.3 is 10.6 Å². The van der Waals surface area contributed by atoms with Crippen molar-refractivity contribution in [3.8, 4) is 0 Å². The van der Waals surface area contributed by atoms with E-state index in [2.05, 4.69) is 18.9 Å². The Hall–Kier alpha value is -1.56. The molecule has 1 unspecified atom stereocenters. The second kappa shape index (κ2) is 5.44. The van der Waals surface area contributed by atoms with Gasteiger partial charge in [0, 0.05) is 20.6 Å². The minimum absolute atomic E-state index is 0.00315. The molecule has 0 fully saturated rings. The molecule has 20 heavy (non-hydrogen) atoms. The molecule has 1 amide bonds. The van der Waals surface area contributed by atoms with Gasteiger partial charge in [-0.05, 0) is 12.8 Å². The molecule has 0 aliphatic carbocycles. The van der Waals surface area contributed by atoms with Crippen LogP contribution in [0, 0.1) is 12.8 Å². The molecule has 0 aromatic carbocycles. The van der Waals surface area contributed by atoms with E-state index in [1.54, 1.807) is 9.58 Å². The van der Waals surface area contributed by atoms with Crippen LogP contribution in [-0.4, -0.2) is 34.2 Å². The predicted molar refractivity (Wildman–Crippen MR) is 84.2 cm³/mol. The zero-order valence-corrected chi connectivity index (χ0v) is 13.5. The van der Waals surface area contributed by atoms with Crippen LogP contribution in [0.25, 0.3) is 10.2 Å². The molecule has 0 spiro atoms. The molecule has 0 radical (unpaired) electrons. The molecule has 5 nitrogen and oxygen atoms in total. The van der Waals surface area contributed by atoms with Crippen molar-refractivity contribution >= 4 is 33.1 Å². The van der Waals surface area contributed by atoms with Gasteiger partial charge in [-0.3, -0.25) is 9.48 Å². The predicted octanol–water partition coefficient (Wildman–Crippen LogP) is 2.64. The second-order valence-electron chi connectivity index (χ2n) is 5.43. The van der Waals surface area contributed by atoms with Crippen molar-refractivity contribution in [3.05, 3.63) is 10.6 Å². The highest BCUT2D eigenvalue weighted by atomic mass is 32.1. The van der Waals surface area contributed by atoms with E-state index in [-0.39, 0.29) is 5.91 Å². The van der Waals surface area contributed by atoms with Crippen LogP contribution in [0.15, 0.2) is 0 Å². The Morgan fingerprint density at radius 1 is 1.55 bits per heavy atom. The summed E-state index contributed by atoms with van der Waals surface area (Å²) in [7, 11) is 3.71. The summed E-state index contributed by atoms with van der Waals surface area (Å²) in [6, 6.07) is 0. The van der Waals surface area contributed by atoms with Gasteiger partial charge in [0.1, 0.15) is 9.71 Å². The number of aromatic nitrogens is 2. The van der Waals surface area contributed by atoms with E-state index >= 15 is 0 Å². The van der Waals surface area contributed by atoms with Crippen molar-refractivity contribution in [3.63, 3.8) is 0 Å². The van der Waals surface area contributed by atoms with E-state index in [9.17, 15) is 4.79 Å². The fourth-order valence-electron chi connectivity index (χ4n) is 2.34. The van der Waals surface area contributed by atoms with Crippen LogP contribution in [-0.2, 0) is 7.05 Å². The van der Waals surface area contributed by atoms with Crippen molar-refractivity contribution in [1.29, 1.82) is 0 Å². The van der Waals surface area contributed by atoms with Gasteiger partial charge >= 0.3 is 0 Å². The number of nitrogens with zero attached hydrogens (tertiary/aromatic N) is 3. The van der Waals surface area contributed by atoms with E-state index in [0.717, 1.165) is 28.9 Å². The average molecular weight is 294 g/mol. The molecule has 2 aromatic rings. The number of fused-ring (bicyclic) bond motifs is 1. The lowest BCUT2D eigenvalue weighted by Gasteiger charge is -2.20. The SMILES string of the molecule is CCC(C)CN(C)C(=O)c1sc2c(c(C)nn2C)c1N. The number of nitrogen functional groups attached to an aromatic ring is 1. The maximum absolute atomic E-state index is 12.5. The van der Waals surface area contributed by atoms with Crippen molar-refractivity contribution in [2.75, 3.05) is 19.3 Å². The van der Waals surface area contributed by atoms with E-state index in [0.29, 0.717) is 16.5 Å². The van der Waals surface area contributed by atoms with Crippen LogP contribution in [0.1, 0.15) is 35.6 Å². The van der Waals surface area contributed by atoms with Gasteiger partial charge in [0.15, 0.2) is 0 Å². The highest BCUT2D eigenvalue weighted by molar-refractivity contribution is 7.21. The summed E-state index contributed by atoms with van der Waals surface area (Å²) < 4.78 is 1.79. The van der Waals surface area contributed by atoms with Crippen LogP contribution in [0.2, 0.25) is 0 Å². The third kappa shape index (κ3) is 2.40. The van der Waals surface area contributed by atoms with Crippen molar-refractivity contribution < 1.29 is 4.79 Å². The Bertz CT molecular complexity index is 643. The quantitative estimate of drug-likeness (QED) is 0.943. The van der Waals surface area contributed by atoms with Gasteiger partial charge in [-0.25, -0.2) is 0 Å². The molecule has 6 heteroatoms. The Labute approximate surface area is 123 Å². The molecule has 110 valence electrons. The molecule has 0 bridgehead atoms. The molecule has 1 atom stereocenters. The molecular weight excluding hydrogens is 272 g/mol. The number of rotatable bonds is 4. The maximum atomic E-state index is 12.5. The largest absolute Gasteiger partial charge is 0.397 e. The van der Waals surface area contributed by atoms with Crippen LogP contribution >= 0.6 is 11.3 Å². The topological polar surface area (TPSA) is 64.2 Å².